The molecule has 25 heavy (non-hydrogen) atoms. The van der Waals surface area contributed by atoms with Gasteiger partial charge in [0, 0.05) is 13.1 Å². The van der Waals surface area contributed by atoms with Gasteiger partial charge < -0.3 is 19.3 Å². The number of para-hydroxylation sites is 1. The van der Waals surface area contributed by atoms with E-state index in [9.17, 15) is 9.59 Å². The highest BCUT2D eigenvalue weighted by atomic mass is 16.5. The molecule has 0 spiro atoms. The Morgan fingerprint density at radius 1 is 1.36 bits per heavy atom. The Kier molecular flexibility index (Phi) is 4.74. The zero-order valence-corrected chi connectivity index (χ0v) is 14.2. The van der Waals surface area contributed by atoms with Gasteiger partial charge in [0.1, 0.15) is 18.1 Å². The summed E-state index contributed by atoms with van der Waals surface area (Å²) in [6.45, 7) is 4.57. The monoisotopic (exact) mass is 344 g/mol. The average molecular weight is 344 g/mol. The first-order chi connectivity index (χ1) is 12.0. The fourth-order valence-electron chi connectivity index (χ4n) is 2.94. The van der Waals surface area contributed by atoms with Crippen molar-refractivity contribution in [2.75, 3.05) is 13.1 Å². The summed E-state index contributed by atoms with van der Waals surface area (Å²) in [7, 11) is 0. The van der Waals surface area contributed by atoms with Gasteiger partial charge in [-0.3, -0.25) is 9.59 Å². The van der Waals surface area contributed by atoms with Crippen molar-refractivity contribution in [1.82, 2.24) is 10.1 Å². The lowest BCUT2D eigenvalue weighted by Crippen LogP contribution is -2.30. The maximum atomic E-state index is 12.8. The molecule has 1 fully saturated rings. The summed E-state index contributed by atoms with van der Waals surface area (Å²) in [4.78, 5) is 25.4. The summed E-state index contributed by atoms with van der Waals surface area (Å²) in [6.07, 6.45) is 0.475. The van der Waals surface area contributed by atoms with Gasteiger partial charge in [-0.05, 0) is 32.4 Å². The summed E-state index contributed by atoms with van der Waals surface area (Å²) in [5.41, 5.74) is 2.04. The van der Waals surface area contributed by atoms with Crippen molar-refractivity contribution in [2.45, 2.75) is 26.9 Å². The van der Waals surface area contributed by atoms with Gasteiger partial charge in [-0.2, -0.15) is 0 Å². The van der Waals surface area contributed by atoms with Crippen molar-refractivity contribution in [2.24, 2.45) is 5.92 Å². The molecule has 1 saturated heterocycles. The minimum atomic E-state index is -0.863. The first kappa shape index (κ1) is 17.0. The number of nitrogens with zero attached hydrogens (tertiary/aromatic N) is 2. The first-order valence-corrected chi connectivity index (χ1v) is 8.13. The number of benzene rings is 1. The minimum Gasteiger partial charge on any atom is -0.488 e. The number of aryl methyl sites for hydroxylation is 2. The van der Waals surface area contributed by atoms with Crippen LogP contribution in [0.1, 0.15) is 33.8 Å². The summed E-state index contributed by atoms with van der Waals surface area (Å²) in [5, 5.41) is 13.0. The van der Waals surface area contributed by atoms with Crippen LogP contribution in [0.5, 0.6) is 5.75 Å². The summed E-state index contributed by atoms with van der Waals surface area (Å²) >= 11 is 0. The number of rotatable bonds is 5. The van der Waals surface area contributed by atoms with E-state index < -0.39 is 11.9 Å². The van der Waals surface area contributed by atoms with Crippen molar-refractivity contribution < 1.29 is 24.0 Å². The molecule has 1 amide bonds. The zero-order valence-electron chi connectivity index (χ0n) is 14.2. The molecule has 2 heterocycles. The Morgan fingerprint density at radius 2 is 2.12 bits per heavy atom. The number of carboxylic acids is 1. The molecule has 1 atom stereocenters. The zero-order chi connectivity index (χ0) is 18.0. The van der Waals surface area contributed by atoms with Crippen LogP contribution in [-0.2, 0) is 11.4 Å². The third-order valence-electron chi connectivity index (χ3n) is 4.50. The molecule has 7 heteroatoms. The summed E-state index contributed by atoms with van der Waals surface area (Å²) in [6, 6.07) is 6.99. The molecule has 0 saturated carbocycles. The van der Waals surface area contributed by atoms with Gasteiger partial charge in [-0.1, -0.05) is 17.3 Å². The number of aliphatic carboxylic acids is 1. The van der Waals surface area contributed by atoms with Crippen molar-refractivity contribution >= 4 is 11.9 Å². The van der Waals surface area contributed by atoms with Gasteiger partial charge in [-0.25, -0.2) is 0 Å². The van der Waals surface area contributed by atoms with E-state index in [-0.39, 0.29) is 19.1 Å². The number of hydrogen-bond acceptors (Lipinski definition) is 5. The van der Waals surface area contributed by atoms with E-state index in [1.807, 2.05) is 13.8 Å². The van der Waals surface area contributed by atoms with Crippen molar-refractivity contribution in [1.29, 1.82) is 0 Å². The highest BCUT2D eigenvalue weighted by Crippen LogP contribution is 2.25. The van der Waals surface area contributed by atoms with Crippen LogP contribution in [0.2, 0.25) is 0 Å². The largest absolute Gasteiger partial charge is 0.488 e. The van der Waals surface area contributed by atoms with Crippen LogP contribution in [-0.4, -0.2) is 40.1 Å². The lowest BCUT2D eigenvalue weighted by atomic mass is 10.1. The molecule has 132 valence electrons. The van der Waals surface area contributed by atoms with E-state index in [4.69, 9.17) is 14.4 Å². The molecule has 7 nitrogen and oxygen atoms in total. The second kappa shape index (κ2) is 6.96. The van der Waals surface area contributed by atoms with E-state index in [1.165, 1.54) is 0 Å². The molecule has 2 aromatic rings. The van der Waals surface area contributed by atoms with E-state index in [1.54, 1.807) is 29.2 Å². The molecule has 0 radical (unpaired) electrons. The molecule has 1 aromatic heterocycles. The standard InChI is InChI=1S/C18H20N2O5/c1-11-15(12(2)25-19-11)10-24-16-6-4-3-5-14(16)17(21)20-8-7-13(9-20)18(22)23/h3-6,13H,7-10H2,1-2H3,(H,22,23)/t13-/m1/s1. The molecule has 0 bridgehead atoms. The number of hydrogen-bond donors (Lipinski definition) is 1. The van der Waals surface area contributed by atoms with Crippen LogP contribution in [0.15, 0.2) is 28.8 Å². The molecule has 1 aliphatic rings. The van der Waals surface area contributed by atoms with Crippen molar-refractivity contribution in [3.8, 4) is 5.75 Å². The SMILES string of the molecule is Cc1noc(C)c1COc1ccccc1C(=O)N1CC[C@@H](C(=O)O)C1. The van der Waals surface area contributed by atoms with Crippen LogP contribution < -0.4 is 4.74 Å². The number of aromatic nitrogens is 1. The molecule has 1 aliphatic heterocycles. The Balaban J connectivity index is 1.75. The van der Waals surface area contributed by atoms with Crippen LogP contribution in [0.25, 0.3) is 0 Å². The number of likely N-dealkylation sites (tertiary alicyclic amines) is 1. The lowest BCUT2D eigenvalue weighted by molar-refractivity contribution is -0.141. The molecule has 0 unspecified atom stereocenters. The van der Waals surface area contributed by atoms with Crippen LogP contribution in [0.3, 0.4) is 0 Å². The van der Waals surface area contributed by atoms with E-state index in [0.29, 0.717) is 30.0 Å². The quantitative estimate of drug-likeness (QED) is 0.895. The predicted octanol–water partition coefficient (Wildman–Crippen LogP) is 2.42. The van der Waals surface area contributed by atoms with Gasteiger partial charge in [0.25, 0.3) is 5.91 Å². The Hall–Kier alpha value is -2.83. The van der Waals surface area contributed by atoms with Gasteiger partial charge in [-0.15, -0.1) is 0 Å². The Bertz CT molecular complexity index is 779. The highest BCUT2D eigenvalue weighted by molar-refractivity contribution is 5.97. The van der Waals surface area contributed by atoms with Crippen molar-refractivity contribution in [3.63, 3.8) is 0 Å². The normalized spacial score (nSPS) is 16.9. The number of carboxylic acid groups (broad SMARTS) is 1. The third-order valence-corrected chi connectivity index (χ3v) is 4.50. The topological polar surface area (TPSA) is 92.9 Å². The third kappa shape index (κ3) is 3.50. The van der Waals surface area contributed by atoms with Crippen LogP contribution in [0, 0.1) is 19.8 Å². The average Bonchev–Trinajstić information content (AvgIpc) is 3.21. The van der Waals surface area contributed by atoms with E-state index >= 15 is 0 Å². The van der Waals surface area contributed by atoms with E-state index in [0.717, 1.165) is 11.3 Å². The molecule has 1 aromatic carbocycles. The maximum absolute atomic E-state index is 12.8. The summed E-state index contributed by atoms with van der Waals surface area (Å²) in [5.74, 6) is -0.424. The highest BCUT2D eigenvalue weighted by Gasteiger charge is 2.32. The van der Waals surface area contributed by atoms with Crippen molar-refractivity contribution in [3.05, 3.63) is 46.8 Å². The van der Waals surface area contributed by atoms with Gasteiger partial charge >= 0.3 is 5.97 Å². The molecule has 0 aliphatic carbocycles. The number of carbonyl (C=O) groups excluding carboxylic acids is 1. The second-order valence-corrected chi connectivity index (χ2v) is 6.16. The predicted molar refractivity (Wildman–Crippen MR) is 88.4 cm³/mol. The van der Waals surface area contributed by atoms with Gasteiger partial charge in [0.2, 0.25) is 0 Å². The number of ether oxygens (including phenoxy) is 1. The second-order valence-electron chi connectivity index (χ2n) is 6.16. The number of carbonyl (C=O) groups is 2. The minimum absolute atomic E-state index is 0.210. The molecular weight excluding hydrogens is 324 g/mol. The maximum Gasteiger partial charge on any atom is 0.308 e. The lowest BCUT2D eigenvalue weighted by Gasteiger charge is -2.18. The van der Waals surface area contributed by atoms with Gasteiger partial charge in [0.05, 0.1) is 22.7 Å². The number of amides is 1. The fraction of sp³-hybridized carbons (Fsp3) is 0.389. The first-order valence-electron chi connectivity index (χ1n) is 8.13. The summed E-state index contributed by atoms with van der Waals surface area (Å²) < 4.78 is 11.0. The Morgan fingerprint density at radius 3 is 2.76 bits per heavy atom. The molecule has 3 rings (SSSR count). The van der Waals surface area contributed by atoms with Gasteiger partial charge in [0.15, 0.2) is 0 Å². The van der Waals surface area contributed by atoms with Crippen LogP contribution in [0.4, 0.5) is 0 Å². The molecule has 1 N–H and O–H groups in total. The molecular formula is C18H20N2O5. The van der Waals surface area contributed by atoms with E-state index in [2.05, 4.69) is 5.16 Å². The van der Waals surface area contributed by atoms with Crippen LogP contribution >= 0.6 is 0 Å². The fourth-order valence-corrected chi connectivity index (χ4v) is 2.94. The smallest absolute Gasteiger partial charge is 0.308 e. The Labute approximate surface area is 145 Å².